The van der Waals surface area contributed by atoms with Crippen LogP contribution in [0.5, 0.6) is 0 Å². The number of para-hydroxylation sites is 3. The molecular formula is C54H42N2. The highest BCUT2D eigenvalue weighted by Crippen LogP contribution is 2.52. The fourth-order valence-corrected chi connectivity index (χ4v) is 9.93. The summed E-state index contributed by atoms with van der Waals surface area (Å²) < 4.78 is 2.55. The highest BCUT2D eigenvalue weighted by molar-refractivity contribution is 6.13. The van der Waals surface area contributed by atoms with Crippen LogP contribution in [0, 0.1) is 0 Å². The summed E-state index contributed by atoms with van der Waals surface area (Å²) in [5, 5.41) is 2.58. The number of hydrogen-bond acceptors (Lipinski definition) is 1. The number of rotatable bonds is 5. The Morgan fingerprint density at radius 2 is 0.964 bits per heavy atom. The lowest BCUT2D eigenvalue weighted by molar-refractivity contribution is 0.630. The molecule has 8 aromatic carbocycles. The number of benzene rings is 8. The van der Waals surface area contributed by atoms with E-state index in [2.05, 4.69) is 219 Å². The number of aromatic nitrogens is 1. The van der Waals surface area contributed by atoms with Gasteiger partial charge in [-0.05, 0) is 98.6 Å². The van der Waals surface area contributed by atoms with Crippen LogP contribution in [0.2, 0.25) is 0 Å². The lowest BCUT2D eigenvalue weighted by atomic mass is 9.73. The first-order valence-electron chi connectivity index (χ1n) is 19.8. The van der Waals surface area contributed by atoms with Gasteiger partial charge in [0.2, 0.25) is 0 Å². The summed E-state index contributed by atoms with van der Waals surface area (Å²) in [7, 11) is 0. The Hall–Kier alpha value is -6.64. The molecule has 56 heavy (non-hydrogen) atoms. The van der Waals surface area contributed by atoms with Crippen molar-refractivity contribution >= 4 is 38.9 Å². The smallest absolute Gasteiger partial charge is 0.0582 e. The first kappa shape index (κ1) is 32.8. The van der Waals surface area contributed by atoms with E-state index in [1.54, 1.807) is 0 Å². The van der Waals surface area contributed by atoms with Gasteiger partial charge in [0.05, 0.1) is 16.7 Å². The molecule has 0 fully saturated rings. The van der Waals surface area contributed by atoms with Crippen LogP contribution in [0.3, 0.4) is 0 Å². The molecule has 0 saturated heterocycles. The van der Waals surface area contributed by atoms with E-state index in [0.717, 1.165) is 17.1 Å². The van der Waals surface area contributed by atoms with Crippen LogP contribution in [0.15, 0.2) is 182 Å². The summed E-state index contributed by atoms with van der Waals surface area (Å²) in [6, 6.07) is 67.4. The van der Waals surface area contributed by atoms with Crippen molar-refractivity contribution in [3.8, 4) is 39.1 Å². The Kier molecular flexibility index (Phi) is 6.98. The Morgan fingerprint density at radius 1 is 0.375 bits per heavy atom. The maximum absolute atomic E-state index is 2.55. The molecule has 0 amide bonds. The molecule has 0 N–H and O–H groups in total. The zero-order chi connectivity index (χ0) is 37.8. The first-order chi connectivity index (χ1) is 27.3. The van der Waals surface area contributed by atoms with Gasteiger partial charge in [0.25, 0.3) is 0 Å². The van der Waals surface area contributed by atoms with Crippen LogP contribution in [-0.2, 0) is 10.8 Å². The van der Waals surface area contributed by atoms with E-state index < -0.39 is 0 Å². The minimum Gasteiger partial charge on any atom is -0.310 e. The van der Waals surface area contributed by atoms with E-state index in [-0.39, 0.29) is 10.8 Å². The van der Waals surface area contributed by atoms with Crippen molar-refractivity contribution in [1.82, 2.24) is 4.57 Å². The van der Waals surface area contributed by atoms with Crippen LogP contribution in [0.25, 0.3) is 60.9 Å². The molecule has 0 unspecified atom stereocenters. The molecular weight excluding hydrogens is 677 g/mol. The second kappa shape index (κ2) is 11.9. The molecule has 2 heteroatoms. The van der Waals surface area contributed by atoms with Crippen LogP contribution >= 0.6 is 0 Å². The van der Waals surface area contributed by atoms with Crippen molar-refractivity contribution < 1.29 is 0 Å². The predicted octanol–water partition coefficient (Wildman–Crippen LogP) is 14.5. The molecule has 268 valence electrons. The van der Waals surface area contributed by atoms with Gasteiger partial charge >= 0.3 is 0 Å². The van der Waals surface area contributed by atoms with E-state index >= 15 is 0 Å². The highest BCUT2D eigenvalue weighted by Gasteiger charge is 2.37. The molecule has 0 bridgehead atoms. The maximum Gasteiger partial charge on any atom is 0.0582 e. The SMILES string of the molecule is CC1(C)c2ccccc2-c2ccc(N(c3ccccc3)c3ccc(-c4ccc5c(c4)c4cccc6c4n5-c4c(-c5ccccc5)cccc4C6(C)C)cc3)cc21. The molecule has 2 nitrogen and oxygen atoms in total. The van der Waals surface area contributed by atoms with Gasteiger partial charge in [-0.2, -0.15) is 0 Å². The Balaban J connectivity index is 1.03. The van der Waals surface area contributed by atoms with Crippen LogP contribution in [0.1, 0.15) is 49.9 Å². The van der Waals surface area contributed by atoms with Gasteiger partial charge in [0, 0.05) is 44.2 Å². The maximum atomic E-state index is 2.55. The monoisotopic (exact) mass is 718 g/mol. The molecule has 1 aliphatic heterocycles. The van der Waals surface area contributed by atoms with Crippen molar-refractivity contribution in [2.75, 3.05) is 4.90 Å². The zero-order valence-electron chi connectivity index (χ0n) is 32.2. The quantitative estimate of drug-likeness (QED) is 0.172. The average molecular weight is 719 g/mol. The van der Waals surface area contributed by atoms with Crippen LogP contribution in [0.4, 0.5) is 17.1 Å². The third-order valence-electron chi connectivity index (χ3n) is 12.8. The summed E-state index contributed by atoms with van der Waals surface area (Å²) in [5.41, 5.74) is 20.2. The Morgan fingerprint density at radius 3 is 1.77 bits per heavy atom. The molecule has 0 radical (unpaired) electrons. The van der Waals surface area contributed by atoms with Crippen molar-refractivity contribution in [2.24, 2.45) is 0 Å². The fraction of sp³-hybridized carbons (Fsp3) is 0.111. The second-order valence-corrected chi connectivity index (χ2v) is 16.6. The molecule has 1 aliphatic carbocycles. The Labute approximate surface area is 328 Å². The molecule has 0 saturated carbocycles. The molecule has 11 rings (SSSR count). The topological polar surface area (TPSA) is 8.17 Å². The summed E-state index contributed by atoms with van der Waals surface area (Å²) in [5.74, 6) is 0. The number of anilines is 3. The van der Waals surface area contributed by atoms with E-state index in [1.807, 2.05) is 0 Å². The molecule has 1 aromatic heterocycles. The van der Waals surface area contributed by atoms with E-state index in [1.165, 1.54) is 83.1 Å². The molecule has 0 atom stereocenters. The van der Waals surface area contributed by atoms with Gasteiger partial charge < -0.3 is 9.47 Å². The minimum absolute atomic E-state index is 0.0723. The van der Waals surface area contributed by atoms with Crippen molar-refractivity contribution in [3.05, 3.63) is 204 Å². The van der Waals surface area contributed by atoms with Gasteiger partial charge in [0.1, 0.15) is 0 Å². The lowest BCUT2D eigenvalue weighted by Crippen LogP contribution is -2.26. The summed E-state index contributed by atoms with van der Waals surface area (Å²) in [6.45, 7) is 9.46. The standard InChI is InChI=1S/C54H42N2/c1-53(2)46-22-12-11-19-42(46)43-31-30-40(34-49(43)53)55(38-17-9-6-10-18-38)39-28-25-35(26-29-39)37-27-32-50-45(33-37)44-21-14-24-48-52(44)56(50)51-41(36-15-7-5-8-16-36)20-13-23-47(51)54(48,3)4/h5-34H,1-4H3. The van der Waals surface area contributed by atoms with Gasteiger partial charge in [-0.3, -0.25) is 0 Å². The lowest BCUT2D eigenvalue weighted by Gasteiger charge is -2.36. The minimum atomic E-state index is -0.147. The van der Waals surface area contributed by atoms with Crippen molar-refractivity contribution in [1.29, 1.82) is 0 Å². The fourth-order valence-electron chi connectivity index (χ4n) is 9.93. The third-order valence-corrected chi connectivity index (χ3v) is 12.8. The second-order valence-electron chi connectivity index (χ2n) is 16.6. The molecule has 2 aliphatic rings. The molecule has 9 aromatic rings. The Bertz CT molecular complexity index is 3000. The normalized spacial score (nSPS) is 14.4. The largest absolute Gasteiger partial charge is 0.310 e. The summed E-state index contributed by atoms with van der Waals surface area (Å²) in [4.78, 5) is 2.39. The average Bonchev–Trinajstić information content (AvgIpc) is 3.69. The van der Waals surface area contributed by atoms with Crippen LogP contribution in [-0.4, -0.2) is 4.57 Å². The van der Waals surface area contributed by atoms with Gasteiger partial charge in [-0.25, -0.2) is 0 Å². The van der Waals surface area contributed by atoms with Crippen LogP contribution < -0.4 is 4.90 Å². The first-order valence-corrected chi connectivity index (χ1v) is 19.8. The molecule has 0 spiro atoms. The van der Waals surface area contributed by atoms with Crippen molar-refractivity contribution in [2.45, 2.75) is 38.5 Å². The summed E-state index contributed by atoms with van der Waals surface area (Å²) in [6.07, 6.45) is 0. The van der Waals surface area contributed by atoms with Crippen molar-refractivity contribution in [3.63, 3.8) is 0 Å². The predicted molar refractivity (Wildman–Crippen MR) is 236 cm³/mol. The van der Waals surface area contributed by atoms with Gasteiger partial charge in [0.15, 0.2) is 0 Å². The molecule has 2 heterocycles. The number of fused-ring (bicyclic) bond motifs is 8. The summed E-state index contributed by atoms with van der Waals surface area (Å²) >= 11 is 0. The third kappa shape index (κ3) is 4.62. The van der Waals surface area contributed by atoms with E-state index in [4.69, 9.17) is 0 Å². The van der Waals surface area contributed by atoms with E-state index in [9.17, 15) is 0 Å². The number of nitrogens with zero attached hydrogens (tertiary/aromatic N) is 2. The number of hydrogen-bond donors (Lipinski definition) is 0. The highest BCUT2D eigenvalue weighted by atomic mass is 15.1. The van der Waals surface area contributed by atoms with Gasteiger partial charge in [-0.1, -0.05) is 161 Å². The van der Waals surface area contributed by atoms with Gasteiger partial charge in [-0.15, -0.1) is 0 Å². The van der Waals surface area contributed by atoms with E-state index in [0.29, 0.717) is 0 Å². The zero-order valence-corrected chi connectivity index (χ0v) is 32.2.